The summed E-state index contributed by atoms with van der Waals surface area (Å²) >= 11 is 13.8. The van der Waals surface area contributed by atoms with Crippen molar-refractivity contribution in [2.45, 2.75) is 82.9 Å². The number of rotatable bonds is 6. The van der Waals surface area contributed by atoms with Gasteiger partial charge in [0, 0.05) is 21.7 Å². The van der Waals surface area contributed by atoms with E-state index >= 15 is 0 Å². The first-order valence-corrected chi connectivity index (χ1v) is 14.6. The van der Waals surface area contributed by atoms with E-state index in [1.54, 1.807) is 23.9 Å². The molecule has 0 radical (unpaired) electrons. The van der Waals surface area contributed by atoms with Gasteiger partial charge in [0.05, 0.1) is 10.9 Å². The third-order valence-corrected chi connectivity index (χ3v) is 8.82. The first-order chi connectivity index (χ1) is 17.6. The van der Waals surface area contributed by atoms with Crippen LogP contribution in [0.5, 0.6) is 5.75 Å². The molecule has 2 aliphatic carbocycles. The molecule has 0 aromatic heterocycles. The van der Waals surface area contributed by atoms with Crippen molar-refractivity contribution < 1.29 is 9.53 Å². The molecule has 7 heteroatoms. The molecule has 190 valence electrons. The molecule has 2 aromatic carbocycles. The van der Waals surface area contributed by atoms with E-state index in [0.29, 0.717) is 22.7 Å². The summed E-state index contributed by atoms with van der Waals surface area (Å²) in [6.07, 6.45) is 13.9. The normalized spacial score (nSPS) is 22.1. The van der Waals surface area contributed by atoms with E-state index in [2.05, 4.69) is 0 Å². The van der Waals surface area contributed by atoms with Crippen molar-refractivity contribution in [3.63, 3.8) is 0 Å². The quantitative estimate of drug-likeness (QED) is 0.343. The van der Waals surface area contributed by atoms with Gasteiger partial charge in [0.15, 0.2) is 5.17 Å². The monoisotopic (exact) mass is 542 g/mol. The predicted molar refractivity (Wildman–Crippen MR) is 151 cm³/mol. The molecular weight excluding hydrogens is 511 g/mol. The van der Waals surface area contributed by atoms with Crippen LogP contribution in [0.4, 0.5) is 0 Å². The van der Waals surface area contributed by atoms with Gasteiger partial charge in [0.25, 0.3) is 5.91 Å². The smallest absolute Gasteiger partial charge is 0.266 e. The van der Waals surface area contributed by atoms with Crippen molar-refractivity contribution in [1.29, 1.82) is 0 Å². The highest BCUT2D eigenvalue weighted by Crippen LogP contribution is 2.38. The summed E-state index contributed by atoms with van der Waals surface area (Å²) in [6.45, 7) is 0.363. The van der Waals surface area contributed by atoms with Gasteiger partial charge < -0.3 is 4.74 Å². The molecule has 0 bridgehead atoms. The van der Waals surface area contributed by atoms with Gasteiger partial charge in [-0.25, -0.2) is 0 Å². The number of aliphatic imine (C=N–C) groups is 1. The van der Waals surface area contributed by atoms with Crippen LogP contribution in [0.25, 0.3) is 6.08 Å². The first kappa shape index (κ1) is 25.7. The maximum Gasteiger partial charge on any atom is 0.266 e. The number of carbonyl (C=O) groups is 1. The molecule has 0 N–H and O–H groups in total. The van der Waals surface area contributed by atoms with E-state index < -0.39 is 0 Å². The minimum atomic E-state index is 0.110. The number of ether oxygens (including phenoxy) is 1. The molecule has 36 heavy (non-hydrogen) atoms. The summed E-state index contributed by atoms with van der Waals surface area (Å²) in [6, 6.07) is 13.9. The van der Waals surface area contributed by atoms with Gasteiger partial charge in [0.2, 0.25) is 0 Å². The zero-order valence-corrected chi connectivity index (χ0v) is 22.8. The van der Waals surface area contributed by atoms with Gasteiger partial charge in [-0.2, -0.15) is 0 Å². The SMILES string of the molecule is O=C1C(=Cc2ccc(OCc3ccc(Cl)cc3Cl)cc2)SC(=NC2CCCCC2)N1C1CCCCC1. The summed E-state index contributed by atoms with van der Waals surface area (Å²) in [7, 11) is 0. The predicted octanol–water partition coefficient (Wildman–Crippen LogP) is 8.51. The minimum absolute atomic E-state index is 0.110. The highest BCUT2D eigenvalue weighted by molar-refractivity contribution is 8.18. The van der Waals surface area contributed by atoms with Gasteiger partial charge >= 0.3 is 0 Å². The lowest BCUT2D eigenvalue weighted by Crippen LogP contribution is -2.41. The van der Waals surface area contributed by atoms with Crippen LogP contribution in [0.1, 0.15) is 75.3 Å². The van der Waals surface area contributed by atoms with Crippen LogP contribution in [-0.2, 0) is 11.4 Å². The summed E-state index contributed by atoms with van der Waals surface area (Å²) in [5.74, 6) is 0.858. The molecule has 4 nitrogen and oxygen atoms in total. The molecule has 1 aliphatic heterocycles. The lowest BCUT2D eigenvalue weighted by molar-refractivity contribution is -0.124. The molecule has 3 fully saturated rings. The fraction of sp³-hybridized carbons (Fsp3) is 0.448. The zero-order chi connectivity index (χ0) is 24.9. The van der Waals surface area contributed by atoms with Crippen LogP contribution < -0.4 is 4.74 Å². The number of carbonyl (C=O) groups excluding carboxylic acids is 1. The Hall–Kier alpha value is -1.95. The largest absolute Gasteiger partial charge is 0.489 e. The highest BCUT2D eigenvalue weighted by Gasteiger charge is 2.39. The number of thioether (sulfide) groups is 1. The van der Waals surface area contributed by atoms with Crippen molar-refractivity contribution in [3.05, 3.63) is 68.5 Å². The number of hydrogen-bond donors (Lipinski definition) is 0. The second kappa shape index (κ2) is 12.1. The van der Waals surface area contributed by atoms with E-state index in [-0.39, 0.29) is 11.9 Å². The number of hydrogen-bond acceptors (Lipinski definition) is 4. The number of nitrogens with zero attached hydrogens (tertiary/aromatic N) is 2. The molecule has 0 unspecified atom stereocenters. The topological polar surface area (TPSA) is 41.9 Å². The van der Waals surface area contributed by atoms with Crippen LogP contribution in [0.2, 0.25) is 10.0 Å². The van der Waals surface area contributed by atoms with Crippen molar-refractivity contribution >= 4 is 52.1 Å². The second-order valence-corrected chi connectivity index (χ2v) is 11.7. The molecule has 2 saturated carbocycles. The third-order valence-electron chi connectivity index (χ3n) is 7.23. The van der Waals surface area contributed by atoms with E-state index in [1.165, 1.54) is 38.5 Å². The summed E-state index contributed by atoms with van der Waals surface area (Å²) in [5, 5.41) is 2.12. The van der Waals surface area contributed by atoms with Crippen LogP contribution >= 0.6 is 35.0 Å². The van der Waals surface area contributed by atoms with Crippen LogP contribution in [0.3, 0.4) is 0 Å². The maximum atomic E-state index is 13.6. The number of amides is 1. The van der Waals surface area contributed by atoms with Crippen LogP contribution in [0.15, 0.2) is 52.4 Å². The molecular formula is C29H32Cl2N2O2S. The molecule has 3 aliphatic rings. The molecule has 2 aromatic rings. The molecule has 1 saturated heterocycles. The van der Waals surface area contributed by atoms with Gasteiger partial charge in [0.1, 0.15) is 12.4 Å². The van der Waals surface area contributed by atoms with Crippen molar-refractivity contribution in [3.8, 4) is 5.75 Å². The summed E-state index contributed by atoms with van der Waals surface area (Å²) in [4.78, 5) is 21.5. The summed E-state index contributed by atoms with van der Waals surface area (Å²) < 4.78 is 5.91. The number of halogens is 2. The molecule has 0 atom stereocenters. The van der Waals surface area contributed by atoms with E-state index in [4.69, 9.17) is 32.9 Å². The van der Waals surface area contributed by atoms with Crippen LogP contribution in [-0.4, -0.2) is 28.1 Å². The third kappa shape index (κ3) is 6.30. The fourth-order valence-corrected chi connectivity index (χ4v) is 6.79. The van der Waals surface area contributed by atoms with E-state index in [9.17, 15) is 4.79 Å². The lowest BCUT2D eigenvalue weighted by Gasteiger charge is -2.31. The highest BCUT2D eigenvalue weighted by atomic mass is 35.5. The fourth-order valence-electron chi connectivity index (χ4n) is 5.22. The van der Waals surface area contributed by atoms with Gasteiger partial charge in [-0.3, -0.25) is 14.7 Å². The Balaban J connectivity index is 1.30. The summed E-state index contributed by atoms with van der Waals surface area (Å²) in [5.41, 5.74) is 1.86. The Morgan fingerprint density at radius 3 is 2.33 bits per heavy atom. The Bertz CT molecular complexity index is 1140. The molecule has 0 spiro atoms. The molecule has 1 heterocycles. The minimum Gasteiger partial charge on any atom is -0.489 e. The Morgan fingerprint density at radius 2 is 1.64 bits per heavy atom. The number of benzene rings is 2. The average Bonchev–Trinajstić information content (AvgIpc) is 3.19. The molecule has 1 amide bonds. The first-order valence-electron chi connectivity index (χ1n) is 13.0. The Kier molecular flexibility index (Phi) is 8.61. The van der Waals surface area contributed by atoms with Crippen molar-refractivity contribution in [2.24, 2.45) is 4.99 Å². The Labute approximate surface area is 228 Å². The second-order valence-electron chi connectivity index (χ2n) is 9.87. The van der Waals surface area contributed by atoms with E-state index in [1.807, 2.05) is 41.3 Å². The van der Waals surface area contributed by atoms with Gasteiger partial charge in [-0.05, 0) is 73.4 Å². The van der Waals surface area contributed by atoms with Crippen molar-refractivity contribution in [1.82, 2.24) is 4.90 Å². The lowest BCUT2D eigenvalue weighted by atomic mass is 9.94. The number of amidine groups is 1. The standard InChI is InChI=1S/C29H32Cl2N2O2S/c30-22-14-13-21(26(31)18-22)19-35-25-15-11-20(12-16-25)17-27-28(34)33(24-9-5-2-6-10-24)29(36-27)32-23-7-3-1-4-8-23/h11-18,23-24H,1-10,19H2. The van der Waals surface area contributed by atoms with Gasteiger partial charge in [-0.15, -0.1) is 0 Å². The zero-order valence-electron chi connectivity index (χ0n) is 20.4. The van der Waals surface area contributed by atoms with E-state index in [0.717, 1.165) is 52.6 Å². The Morgan fingerprint density at radius 1 is 0.944 bits per heavy atom. The van der Waals surface area contributed by atoms with Gasteiger partial charge in [-0.1, -0.05) is 79.9 Å². The molecule has 5 rings (SSSR count). The van der Waals surface area contributed by atoms with Crippen molar-refractivity contribution in [2.75, 3.05) is 0 Å². The average molecular weight is 544 g/mol. The maximum absolute atomic E-state index is 13.6. The van der Waals surface area contributed by atoms with Crippen LogP contribution in [0, 0.1) is 0 Å².